The number of hydrogen-bond donors (Lipinski definition) is 2. The topological polar surface area (TPSA) is 101 Å². The zero-order valence-electron chi connectivity index (χ0n) is 7.60. The van der Waals surface area contributed by atoms with E-state index in [1.807, 2.05) is 0 Å². The Morgan fingerprint density at radius 1 is 1.57 bits per heavy atom. The Kier molecular flexibility index (Phi) is 3.06. The fraction of sp³-hybridized carbons (Fsp3) is 0.625. The number of rotatable bonds is 4. The van der Waals surface area contributed by atoms with Gasteiger partial charge in [-0.25, -0.2) is 4.79 Å². The van der Waals surface area contributed by atoms with Gasteiger partial charge in [0.1, 0.15) is 6.04 Å². The van der Waals surface area contributed by atoms with Crippen molar-refractivity contribution in [2.45, 2.75) is 25.3 Å². The minimum Gasteiger partial charge on any atom is -0.480 e. The summed E-state index contributed by atoms with van der Waals surface area (Å²) in [5.74, 6) is -1.78. The van der Waals surface area contributed by atoms with Crippen LogP contribution in [0.3, 0.4) is 0 Å². The largest absolute Gasteiger partial charge is 0.480 e. The first-order valence-electron chi connectivity index (χ1n) is 4.33. The molecule has 0 saturated carbocycles. The van der Waals surface area contributed by atoms with Gasteiger partial charge in [0.2, 0.25) is 11.8 Å². The maximum atomic E-state index is 11.2. The van der Waals surface area contributed by atoms with Crippen LogP contribution in [0.2, 0.25) is 0 Å². The van der Waals surface area contributed by atoms with Crippen molar-refractivity contribution in [3.8, 4) is 0 Å². The molecule has 1 atom stereocenters. The van der Waals surface area contributed by atoms with Crippen LogP contribution in [-0.2, 0) is 14.4 Å². The van der Waals surface area contributed by atoms with Crippen molar-refractivity contribution in [1.29, 1.82) is 0 Å². The Morgan fingerprint density at radius 2 is 2.21 bits per heavy atom. The third-order valence-corrected chi connectivity index (χ3v) is 2.21. The van der Waals surface area contributed by atoms with Crippen molar-refractivity contribution in [2.24, 2.45) is 5.73 Å². The van der Waals surface area contributed by atoms with Crippen LogP contribution in [0.1, 0.15) is 19.3 Å². The molecule has 1 saturated heterocycles. The number of carboxylic acid groups (broad SMARTS) is 1. The van der Waals surface area contributed by atoms with E-state index in [1.165, 1.54) is 4.90 Å². The summed E-state index contributed by atoms with van der Waals surface area (Å²) in [6, 6.07) is -0.790. The third kappa shape index (κ3) is 2.21. The van der Waals surface area contributed by atoms with Gasteiger partial charge < -0.3 is 15.7 Å². The lowest BCUT2D eigenvalue weighted by molar-refractivity contribution is -0.146. The highest BCUT2D eigenvalue weighted by Gasteiger charge is 2.35. The molecular weight excluding hydrogens is 188 g/mol. The van der Waals surface area contributed by atoms with Crippen molar-refractivity contribution >= 4 is 17.8 Å². The summed E-state index contributed by atoms with van der Waals surface area (Å²) >= 11 is 0. The van der Waals surface area contributed by atoms with E-state index in [2.05, 4.69) is 0 Å². The molecule has 0 spiro atoms. The number of hydrogen-bond acceptors (Lipinski definition) is 3. The molecule has 6 heteroatoms. The summed E-state index contributed by atoms with van der Waals surface area (Å²) in [5.41, 5.74) is 4.91. The number of carboxylic acids is 1. The fourth-order valence-corrected chi connectivity index (χ4v) is 1.50. The van der Waals surface area contributed by atoms with Crippen molar-refractivity contribution in [3.05, 3.63) is 0 Å². The number of carbonyl (C=O) groups is 3. The number of amides is 2. The van der Waals surface area contributed by atoms with E-state index in [1.54, 1.807) is 0 Å². The van der Waals surface area contributed by atoms with Crippen molar-refractivity contribution in [2.75, 3.05) is 6.54 Å². The van der Waals surface area contributed by atoms with Crippen LogP contribution < -0.4 is 5.73 Å². The summed E-state index contributed by atoms with van der Waals surface area (Å²) in [6.45, 7) is 0.102. The molecule has 0 aromatic heterocycles. The van der Waals surface area contributed by atoms with Crippen LogP contribution >= 0.6 is 0 Å². The van der Waals surface area contributed by atoms with E-state index < -0.39 is 17.9 Å². The molecule has 0 radical (unpaired) electrons. The molecule has 0 aromatic carbocycles. The highest BCUT2D eigenvalue weighted by molar-refractivity contribution is 5.87. The summed E-state index contributed by atoms with van der Waals surface area (Å²) in [4.78, 5) is 33.6. The van der Waals surface area contributed by atoms with Crippen LogP contribution in [0.5, 0.6) is 0 Å². The number of aliphatic carboxylic acids is 1. The third-order valence-electron chi connectivity index (χ3n) is 2.21. The van der Waals surface area contributed by atoms with Gasteiger partial charge >= 0.3 is 5.97 Å². The molecular formula is C8H12N2O4. The normalized spacial score (nSPS) is 21.3. The first-order chi connectivity index (χ1) is 6.52. The Morgan fingerprint density at radius 3 is 2.71 bits per heavy atom. The van der Waals surface area contributed by atoms with Crippen LogP contribution in [0.15, 0.2) is 0 Å². The van der Waals surface area contributed by atoms with Gasteiger partial charge in [0, 0.05) is 19.4 Å². The Hall–Kier alpha value is -1.59. The molecule has 1 aliphatic heterocycles. The number of likely N-dealkylation sites (tertiary alicyclic amines) is 1. The predicted molar refractivity (Wildman–Crippen MR) is 46.2 cm³/mol. The number of carbonyl (C=O) groups excluding carboxylic acids is 2. The first kappa shape index (κ1) is 10.5. The van der Waals surface area contributed by atoms with Crippen LogP contribution in [0.4, 0.5) is 0 Å². The van der Waals surface area contributed by atoms with E-state index >= 15 is 0 Å². The molecule has 78 valence electrons. The number of primary amides is 1. The number of nitrogens with zero attached hydrogens (tertiary/aromatic N) is 1. The van der Waals surface area contributed by atoms with Gasteiger partial charge in [0.25, 0.3) is 0 Å². The highest BCUT2D eigenvalue weighted by Crippen LogP contribution is 2.18. The quantitative estimate of drug-likeness (QED) is 0.603. The molecule has 6 nitrogen and oxygen atoms in total. The molecule has 2 amide bonds. The zero-order valence-corrected chi connectivity index (χ0v) is 7.60. The summed E-state index contributed by atoms with van der Waals surface area (Å²) in [5, 5.41) is 8.76. The van der Waals surface area contributed by atoms with Gasteiger partial charge in [-0.15, -0.1) is 0 Å². The summed E-state index contributed by atoms with van der Waals surface area (Å²) in [6.07, 6.45) is 0.554. The minimum absolute atomic E-state index is 0.00944. The van der Waals surface area contributed by atoms with E-state index in [4.69, 9.17) is 10.8 Å². The van der Waals surface area contributed by atoms with Gasteiger partial charge in [-0.1, -0.05) is 0 Å². The van der Waals surface area contributed by atoms with E-state index in [9.17, 15) is 14.4 Å². The lowest BCUT2D eigenvalue weighted by Crippen LogP contribution is -2.40. The second-order valence-electron chi connectivity index (χ2n) is 3.20. The Balaban J connectivity index is 2.58. The number of nitrogens with two attached hydrogens (primary N) is 1. The Labute approximate surface area is 80.7 Å². The van der Waals surface area contributed by atoms with Gasteiger partial charge in [-0.05, 0) is 6.42 Å². The van der Waals surface area contributed by atoms with E-state index in [0.717, 1.165) is 0 Å². The minimum atomic E-state index is -1.03. The molecule has 14 heavy (non-hydrogen) atoms. The maximum Gasteiger partial charge on any atom is 0.326 e. The second kappa shape index (κ2) is 4.08. The van der Waals surface area contributed by atoms with Crippen molar-refractivity contribution < 1.29 is 19.5 Å². The standard InChI is InChI=1S/C8H12N2O4/c9-6(11)3-4-10-5(8(13)14)1-2-7(10)12/h5H,1-4H2,(H2,9,11)(H,13,14). The fourth-order valence-electron chi connectivity index (χ4n) is 1.50. The lowest BCUT2D eigenvalue weighted by Gasteiger charge is -2.20. The van der Waals surface area contributed by atoms with Gasteiger partial charge in [-0.2, -0.15) is 0 Å². The predicted octanol–water partition coefficient (Wildman–Crippen LogP) is -1.06. The Bertz CT molecular complexity index is 277. The van der Waals surface area contributed by atoms with Crippen molar-refractivity contribution in [1.82, 2.24) is 4.90 Å². The average Bonchev–Trinajstić information content (AvgIpc) is 2.43. The smallest absolute Gasteiger partial charge is 0.326 e. The van der Waals surface area contributed by atoms with Gasteiger partial charge in [-0.3, -0.25) is 9.59 Å². The molecule has 1 heterocycles. The molecule has 0 aromatic rings. The van der Waals surface area contributed by atoms with Gasteiger partial charge in [0.15, 0.2) is 0 Å². The molecule has 1 aliphatic rings. The van der Waals surface area contributed by atoms with Crippen LogP contribution in [0, 0.1) is 0 Å². The molecule has 0 bridgehead atoms. The monoisotopic (exact) mass is 200 g/mol. The SMILES string of the molecule is NC(=O)CCN1C(=O)CCC1C(=O)O. The highest BCUT2D eigenvalue weighted by atomic mass is 16.4. The summed E-state index contributed by atoms with van der Waals surface area (Å²) in [7, 11) is 0. The van der Waals surface area contributed by atoms with Crippen LogP contribution in [-0.4, -0.2) is 40.4 Å². The van der Waals surface area contributed by atoms with E-state index in [0.29, 0.717) is 6.42 Å². The zero-order chi connectivity index (χ0) is 10.7. The second-order valence-corrected chi connectivity index (χ2v) is 3.20. The molecule has 1 unspecified atom stereocenters. The van der Waals surface area contributed by atoms with Crippen LogP contribution in [0.25, 0.3) is 0 Å². The molecule has 1 rings (SSSR count). The maximum absolute atomic E-state index is 11.2. The van der Waals surface area contributed by atoms with Gasteiger partial charge in [0.05, 0.1) is 0 Å². The summed E-state index contributed by atoms with van der Waals surface area (Å²) < 4.78 is 0. The van der Waals surface area contributed by atoms with Crippen molar-refractivity contribution in [3.63, 3.8) is 0 Å². The molecule has 0 aliphatic carbocycles. The first-order valence-corrected chi connectivity index (χ1v) is 4.33. The average molecular weight is 200 g/mol. The van der Waals surface area contributed by atoms with E-state index in [-0.39, 0.29) is 25.3 Å². The lowest BCUT2D eigenvalue weighted by atomic mass is 10.2. The molecule has 1 fully saturated rings. The molecule has 3 N–H and O–H groups in total.